The first-order valence-electron chi connectivity index (χ1n) is 8.08. The number of anilines is 1. The SMILES string of the molecule is CCCn1c(NC(=O)C(CC)(CC)CN)nc2ccccc21. The van der Waals surface area contributed by atoms with E-state index >= 15 is 0 Å². The van der Waals surface area contributed by atoms with E-state index in [1.165, 1.54) is 0 Å². The van der Waals surface area contributed by atoms with Gasteiger partial charge in [0.2, 0.25) is 11.9 Å². The van der Waals surface area contributed by atoms with Crippen LogP contribution >= 0.6 is 0 Å². The average Bonchev–Trinajstić information content (AvgIpc) is 2.88. The maximum atomic E-state index is 12.7. The molecular weight excluding hydrogens is 276 g/mol. The van der Waals surface area contributed by atoms with Gasteiger partial charge in [0.15, 0.2) is 0 Å². The van der Waals surface area contributed by atoms with Gasteiger partial charge in [-0.3, -0.25) is 10.1 Å². The van der Waals surface area contributed by atoms with Crippen LogP contribution in [0, 0.1) is 5.41 Å². The van der Waals surface area contributed by atoms with Gasteiger partial charge in [-0.05, 0) is 31.4 Å². The van der Waals surface area contributed by atoms with Crippen LogP contribution in [0.5, 0.6) is 0 Å². The minimum absolute atomic E-state index is 0.0346. The number of hydrogen-bond acceptors (Lipinski definition) is 3. The van der Waals surface area contributed by atoms with E-state index in [0.717, 1.165) is 36.8 Å². The molecule has 0 aliphatic carbocycles. The fraction of sp³-hybridized carbons (Fsp3) is 0.529. The van der Waals surface area contributed by atoms with Crippen LogP contribution in [0.25, 0.3) is 11.0 Å². The molecule has 3 N–H and O–H groups in total. The third-order valence-electron chi connectivity index (χ3n) is 4.55. The molecule has 22 heavy (non-hydrogen) atoms. The van der Waals surface area contributed by atoms with Crippen molar-refractivity contribution in [2.45, 2.75) is 46.6 Å². The van der Waals surface area contributed by atoms with Crippen LogP contribution in [-0.2, 0) is 11.3 Å². The average molecular weight is 302 g/mol. The van der Waals surface area contributed by atoms with Crippen molar-refractivity contribution in [1.29, 1.82) is 0 Å². The van der Waals surface area contributed by atoms with Gasteiger partial charge in [0, 0.05) is 13.1 Å². The van der Waals surface area contributed by atoms with Crippen LogP contribution in [0.4, 0.5) is 5.95 Å². The summed E-state index contributed by atoms with van der Waals surface area (Å²) in [6.07, 6.45) is 2.42. The van der Waals surface area contributed by atoms with Crippen LogP contribution in [0.15, 0.2) is 24.3 Å². The fourth-order valence-electron chi connectivity index (χ4n) is 2.81. The van der Waals surface area contributed by atoms with Gasteiger partial charge in [-0.1, -0.05) is 32.9 Å². The van der Waals surface area contributed by atoms with Gasteiger partial charge in [0.25, 0.3) is 0 Å². The molecule has 0 aliphatic heterocycles. The molecule has 0 saturated heterocycles. The summed E-state index contributed by atoms with van der Waals surface area (Å²) in [6.45, 7) is 7.29. The van der Waals surface area contributed by atoms with E-state index in [-0.39, 0.29) is 5.91 Å². The fourth-order valence-corrected chi connectivity index (χ4v) is 2.81. The number of hydrogen-bond donors (Lipinski definition) is 2. The summed E-state index contributed by atoms with van der Waals surface area (Å²) >= 11 is 0. The Labute approximate surface area is 131 Å². The molecule has 1 aromatic heterocycles. The number of aromatic nitrogens is 2. The molecule has 1 amide bonds. The van der Waals surface area contributed by atoms with Crippen molar-refractivity contribution >= 4 is 22.9 Å². The Morgan fingerprint density at radius 1 is 1.27 bits per heavy atom. The number of benzene rings is 1. The maximum Gasteiger partial charge on any atom is 0.234 e. The minimum Gasteiger partial charge on any atom is -0.329 e. The van der Waals surface area contributed by atoms with Crippen molar-refractivity contribution < 1.29 is 4.79 Å². The highest BCUT2D eigenvalue weighted by Crippen LogP contribution is 2.28. The number of nitrogens with zero attached hydrogens (tertiary/aromatic N) is 2. The molecule has 0 atom stereocenters. The summed E-state index contributed by atoms with van der Waals surface area (Å²) in [5, 5.41) is 3.01. The Morgan fingerprint density at radius 2 is 1.95 bits per heavy atom. The highest BCUT2D eigenvalue weighted by Gasteiger charge is 2.34. The number of carbonyl (C=O) groups excluding carboxylic acids is 1. The number of rotatable bonds is 7. The summed E-state index contributed by atoms with van der Waals surface area (Å²) in [7, 11) is 0. The number of carbonyl (C=O) groups is 1. The predicted molar refractivity (Wildman–Crippen MR) is 90.7 cm³/mol. The summed E-state index contributed by atoms with van der Waals surface area (Å²) < 4.78 is 2.07. The van der Waals surface area contributed by atoms with Crippen molar-refractivity contribution in [2.24, 2.45) is 11.1 Å². The van der Waals surface area contributed by atoms with E-state index in [4.69, 9.17) is 5.73 Å². The monoisotopic (exact) mass is 302 g/mol. The minimum atomic E-state index is -0.519. The molecule has 0 saturated carbocycles. The number of para-hydroxylation sites is 2. The summed E-state index contributed by atoms with van der Waals surface area (Å²) in [5.74, 6) is 0.584. The second-order valence-electron chi connectivity index (χ2n) is 5.72. The smallest absolute Gasteiger partial charge is 0.234 e. The number of amides is 1. The summed E-state index contributed by atoms with van der Waals surface area (Å²) in [6, 6.07) is 7.94. The zero-order valence-corrected chi connectivity index (χ0v) is 13.7. The number of fused-ring (bicyclic) bond motifs is 1. The molecule has 0 bridgehead atoms. The van der Waals surface area contributed by atoms with E-state index in [1.807, 2.05) is 38.1 Å². The molecule has 1 heterocycles. The molecule has 0 fully saturated rings. The molecule has 5 heteroatoms. The Bertz CT molecular complexity index is 635. The van der Waals surface area contributed by atoms with Gasteiger partial charge in [-0.2, -0.15) is 0 Å². The number of nitrogens with one attached hydrogen (secondary N) is 1. The molecule has 0 radical (unpaired) electrons. The van der Waals surface area contributed by atoms with Crippen LogP contribution in [0.3, 0.4) is 0 Å². The predicted octanol–water partition coefficient (Wildman–Crippen LogP) is 3.15. The lowest BCUT2D eigenvalue weighted by Gasteiger charge is -2.28. The highest BCUT2D eigenvalue weighted by atomic mass is 16.2. The van der Waals surface area contributed by atoms with E-state index in [9.17, 15) is 4.79 Å². The molecule has 1 aromatic carbocycles. The van der Waals surface area contributed by atoms with Crippen LogP contribution in [0.2, 0.25) is 0 Å². The van der Waals surface area contributed by atoms with Gasteiger partial charge in [0.1, 0.15) is 0 Å². The van der Waals surface area contributed by atoms with Gasteiger partial charge in [0.05, 0.1) is 16.4 Å². The lowest BCUT2D eigenvalue weighted by Crippen LogP contribution is -2.42. The quantitative estimate of drug-likeness (QED) is 0.825. The first kappa shape index (κ1) is 16.5. The maximum absolute atomic E-state index is 12.7. The third-order valence-corrected chi connectivity index (χ3v) is 4.55. The van der Waals surface area contributed by atoms with Gasteiger partial charge < -0.3 is 10.3 Å². The lowest BCUT2D eigenvalue weighted by molar-refractivity contribution is -0.125. The first-order chi connectivity index (χ1) is 10.6. The highest BCUT2D eigenvalue weighted by molar-refractivity contribution is 5.95. The molecule has 120 valence electrons. The van der Waals surface area contributed by atoms with Crippen molar-refractivity contribution in [1.82, 2.24) is 9.55 Å². The van der Waals surface area contributed by atoms with Gasteiger partial charge in [-0.25, -0.2) is 4.98 Å². The van der Waals surface area contributed by atoms with Gasteiger partial charge >= 0.3 is 0 Å². The standard InChI is InChI=1S/C17H26N4O/c1-4-11-21-14-10-8-7-9-13(14)19-16(21)20-15(22)17(5-2,6-3)12-18/h7-10H,4-6,11-12,18H2,1-3H3,(H,19,20,22). The van der Waals surface area contributed by atoms with E-state index in [1.54, 1.807) is 0 Å². The second kappa shape index (κ2) is 6.92. The largest absolute Gasteiger partial charge is 0.329 e. The molecule has 0 spiro atoms. The van der Waals surface area contributed by atoms with Crippen molar-refractivity contribution in [2.75, 3.05) is 11.9 Å². The summed E-state index contributed by atoms with van der Waals surface area (Å²) in [5.41, 5.74) is 7.30. The van der Waals surface area contributed by atoms with E-state index in [0.29, 0.717) is 12.5 Å². The molecule has 5 nitrogen and oxygen atoms in total. The molecule has 2 rings (SSSR count). The third kappa shape index (κ3) is 2.86. The van der Waals surface area contributed by atoms with Crippen molar-refractivity contribution in [3.63, 3.8) is 0 Å². The second-order valence-corrected chi connectivity index (χ2v) is 5.72. The summed E-state index contributed by atoms with van der Waals surface area (Å²) in [4.78, 5) is 17.3. The van der Waals surface area contributed by atoms with E-state index in [2.05, 4.69) is 21.8 Å². The number of nitrogens with two attached hydrogens (primary N) is 1. The normalized spacial score (nSPS) is 11.8. The van der Waals surface area contributed by atoms with Crippen molar-refractivity contribution in [3.8, 4) is 0 Å². The lowest BCUT2D eigenvalue weighted by atomic mass is 9.81. The van der Waals surface area contributed by atoms with Gasteiger partial charge in [-0.15, -0.1) is 0 Å². The zero-order valence-electron chi connectivity index (χ0n) is 13.7. The van der Waals surface area contributed by atoms with Crippen LogP contribution < -0.4 is 11.1 Å². The van der Waals surface area contributed by atoms with Crippen molar-refractivity contribution in [3.05, 3.63) is 24.3 Å². The Kier molecular flexibility index (Phi) is 5.19. The first-order valence-corrected chi connectivity index (χ1v) is 8.08. The number of aryl methyl sites for hydroxylation is 1. The number of imidazole rings is 1. The Morgan fingerprint density at radius 3 is 2.55 bits per heavy atom. The molecule has 0 unspecified atom stereocenters. The Hall–Kier alpha value is -1.88. The molecule has 2 aromatic rings. The van der Waals surface area contributed by atoms with Crippen LogP contribution in [0.1, 0.15) is 40.0 Å². The topological polar surface area (TPSA) is 72.9 Å². The van der Waals surface area contributed by atoms with E-state index < -0.39 is 5.41 Å². The van der Waals surface area contributed by atoms with Crippen LogP contribution in [-0.4, -0.2) is 22.0 Å². The Balaban J connectivity index is 2.38. The molecular formula is C17H26N4O. The zero-order chi connectivity index (χ0) is 16.2. The molecule has 0 aliphatic rings.